The molecule has 0 aliphatic carbocycles. The normalized spacial score (nSPS) is 8.25. The fourth-order valence-corrected chi connectivity index (χ4v) is 0.671. The van der Waals surface area contributed by atoms with E-state index < -0.39 is 9.05 Å². The molecule has 0 aromatic rings. The molecule has 10 heteroatoms. The molecule has 0 aliphatic rings. The standard InChI is InChI=1S/C6H15N.4Na.O4Si/c1-4-7(5-2)6-3;;;;;1-5(2,3)4/h4-6H2,1-3H3;;;;;/q;4*+1;-4. The van der Waals surface area contributed by atoms with Crippen LogP contribution in [0.15, 0.2) is 0 Å². The minimum absolute atomic E-state index is 0. The van der Waals surface area contributed by atoms with Gasteiger partial charge in [0.25, 0.3) is 0 Å². The Morgan fingerprint density at radius 1 is 0.688 bits per heavy atom. The first-order chi connectivity index (χ1) is 5.35. The average Bonchev–Trinajstić information content (AvgIpc) is 1.88. The van der Waals surface area contributed by atoms with E-state index in [-0.39, 0.29) is 118 Å². The Kier molecular flexibility index (Phi) is 55.4. The van der Waals surface area contributed by atoms with Gasteiger partial charge in [0.15, 0.2) is 0 Å². The largest absolute Gasteiger partial charge is 1.00 e. The van der Waals surface area contributed by atoms with Gasteiger partial charge in [-0.1, -0.05) is 20.8 Å². The molecule has 0 spiro atoms. The van der Waals surface area contributed by atoms with Crippen molar-refractivity contribution < 1.29 is 137 Å². The van der Waals surface area contributed by atoms with Gasteiger partial charge in [-0.25, -0.2) is 0 Å². The molecule has 0 atom stereocenters. The van der Waals surface area contributed by atoms with Gasteiger partial charge in [0, 0.05) is 0 Å². The monoisotopic (exact) mass is 285 g/mol. The zero-order valence-electron chi connectivity index (χ0n) is 11.7. The van der Waals surface area contributed by atoms with Crippen LogP contribution >= 0.6 is 0 Å². The fourth-order valence-electron chi connectivity index (χ4n) is 0.671. The summed E-state index contributed by atoms with van der Waals surface area (Å²) < 4.78 is 0. The number of rotatable bonds is 3. The fraction of sp³-hybridized carbons (Fsp3) is 1.00. The minimum Gasteiger partial charge on any atom is -0.894 e. The summed E-state index contributed by atoms with van der Waals surface area (Å²) >= 11 is 0. The van der Waals surface area contributed by atoms with Gasteiger partial charge >= 0.3 is 118 Å². The number of hydrogen-bond donors (Lipinski definition) is 0. The van der Waals surface area contributed by atoms with Gasteiger partial charge in [0.1, 0.15) is 0 Å². The molecule has 0 bridgehead atoms. The Morgan fingerprint density at radius 3 is 0.812 bits per heavy atom. The van der Waals surface area contributed by atoms with E-state index in [1.807, 2.05) is 0 Å². The van der Waals surface area contributed by atoms with Gasteiger partial charge in [0.2, 0.25) is 0 Å². The van der Waals surface area contributed by atoms with E-state index in [2.05, 4.69) is 25.7 Å². The molecule has 0 aliphatic heterocycles. The molecule has 5 nitrogen and oxygen atoms in total. The maximum Gasteiger partial charge on any atom is 1.00 e. The van der Waals surface area contributed by atoms with Crippen LogP contribution in [0.25, 0.3) is 0 Å². The van der Waals surface area contributed by atoms with E-state index in [4.69, 9.17) is 19.2 Å². The van der Waals surface area contributed by atoms with Gasteiger partial charge in [0.05, 0.1) is 0 Å². The van der Waals surface area contributed by atoms with Gasteiger partial charge in [-0.15, -0.1) is 0 Å². The van der Waals surface area contributed by atoms with Gasteiger partial charge < -0.3 is 33.1 Å². The van der Waals surface area contributed by atoms with Gasteiger partial charge in [-0.3, -0.25) is 0 Å². The van der Waals surface area contributed by atoms with Crippen LogP contribution in [0, 0.1) is 0 Å². The van der Waals surface area contributed by atoms with E-state index >= 15 is 0 Å². The van der Waals surface area contributed by atoms with Crippen LogP contribution in [0.2, 0.25) is 0 Å². The number of hydrogen-bond acceptors (Lipinski definition) is 5. The maximum atomic E-state index is 8.58. The molecular formula is C6H15NNa4O4Si. The summed E-state index contributed by atoms with van der Waals surface area (Å²) in [5.41, 5.74) is 0. The zero-order chi connectivity index (χ0) is 10.2. The van der Waals surface area contributed by atoms with Crippen molar-refractivity contribution in [1.29, 1.82) is 0 Å². The van der Waals surface area contributed by atoms with Crippen molar-refractivity contribution in [2.75, 3.05) is 19.6 Å². The van der Waals surface area contributed by atoms with Crippen LogP contribution in [-0.4, -0.2) is 33.6 Å². The molecule has 0 N–H and O–H groups in total. The Hall–Kier alpha value is 4.02. The molecule has 0 saturated carbocycles. The molecule has 0 radical (unpaired) electrons. The molecule has 0 aromatic carbocycles. The van der Waals surface area contributed by atoms with Crippen molar-refractivity contribution in [1.82, 2.24) is 4.90 Å². The first-order valence-electron chi connectivity index (χ1n) is 3.89. The van der Waals surface area contributed by atoms with Gasteiger partial charge in [-0.2, -0.15) is 0 Å². The van der Waals surface area contributed by atoms with Crippen LogP contribution < -0.4 is 137 Å². The summed E-state index contributed by atoms with van der Waals surface area (Å²) in [7, 11) is -5.61. The summed E-state index contributed by atoms with van der Waals surface area (Å²) in [5, 5.41) is 0. The maximum absolute atomic E-state index is 8.58. The Balaban J connectivity index is -0.0000000258. The summed E-state index contributed by atoms with van der Waals surface area (Å²) in [6, 6.07) is 0. The molecule has 0 saturated heterocycles. The second kappa shape index (κ2) is 24.1. The molecule has 76 valence electrons. The second-order valence-corrected chi connectivity index (χ2v) is 3.12. The zero-order valence-corrected chi connectivity index (χ0v) is 20.7. The summed E-state index contributed by atoms with van der Waals surface area (Å²) in [6.07, 6.45) is 0. The minimum atomic E-state index is -5.61. The molecule has 0 fully saturated rings. The van der Waals surface area contributed by atoms with E-state index in [0.717, 1.165) is 0 Å². The third-order valence-corrected chi connectivity index (χ3v) is 1.34. The summed E-state index contributed by atoms with van der Waals surface area (Å²) in [6.45, 7) is 10.1. The van der Waals surface area contributed by atoms with Crippen molar-refractivity contribution in [3.63, 3.8) is 0 Å². The molecule has 0 rings (SSSR count). The molecule has 0 heterocycles. The smallest absolute Gasteiger partial charge is 0.894 e. The predicted octanol–water partition coefficient (Wildman–Crippen LogP) is -15.8. The topological polar surface area (TPSA) is 95.5 Å². The summed E-state index contributed by atoms with van der Waals surface area (Å²) in [5.74, 6) is 0. The molecule has 0 unspecified atom stereocenters. The SMILES string of the molecule is CCN(CC)CC.[Na+].[Na+].[Na+].[Na+].[O-][Si]([O-])([O-])[O-]. The van der Waals surface area contributed by atoms with Crippen molar-refractivity contribution in [3.05, 3.63) is 0 Å². The quantitative estimate of drug-likeness (QED) is 0.480. The Bertz CT molecular complexity index is 93.5. The predicted molar refractivity (Wildman–Crippen MR) is 39.2 cm³/mol. The van der Waals surface area contributed by atoms with Crippen LogP contribution in [-0.2, 0) is 0 Å². The molecule has 0 aromatic heterocycles. The van der Waals surface area contributed by atoms with Crippen LogP contribution in [0.5, 0.6) is 0 Å². The van der Waals surface area contributed by atoms with Gasteiger partial charge in [-0.05, 0) is 19.6 Å². The average molecular weight is 285 g/mol. The Morgan fingerprint density at radius 2 is 0.812 bits per heavy atom. The Labute approximate surface area is 188 Å². The van der Waals surface area contributed by atoms with Crippen molar-refractivity contribution in [3.8, 4) is 0 Å². The molecular weight excluding hydrogens is 270 g/mol. The van der Waals surface area contributed by atoms with Crippen LogP contribution in [0.3, 0.4) is 0 Å². The molecule has 0 amide bonds. The first kappa shape index (κ1) is 36.8. The third kappa shape index (κ3) is 52.0. The number of nitrogens with zero attached hydrogens (tertiary/aromatic N) is 1. The van der Waals surface area contributed by atoms with Crippen molar-refractivity contribution in [2.45, 2.75) is 20.8 Å². The van der Waals surface area contributed by atoms with E-state index in [1.54, 1.807) is 0 Å². The van der Waals surface area contributed by atoms with E-state index in [9.17, 15) is 0 Å². The second-order valence-electron chi connectivity index (χ2n) is 2.12. The summed E-state index contributed by atoms with van der Waals surface area (Å²) in [4.78, 5) is 36.7. The third-order valence-electron chi connectivity index (χ3n) is 1.34. The first-order valence-corrected chi connectivity index (χ1v) is 5.52. The molecule has 16 heavy (non-hydrogen) atoms. The van der Waals surface area contributed by atoms with Crippen molar-refractivity contribution >= 4 is 9.05 Å². The van der Waals surface area contributed by atoms with Crippen molar-refractivity contribution in [2.24, 2.45) is 0 Å². The van der Waals surface area contributed by atoms with Crippen LogP contribution in [0.1, 0.15) is 20.8 Å². The van der Waals surface area contributed by atoms with Crippen LogP contribution in [0.4, 0.5) is 0 Å². The van der Waals surface area contributed by atoms with E-state index in [0.29, 0.717) is 0 Å². The van der Waals surface area contributed by atoms with E-state index in [1.165, 1.54) is 19.6 Å².